The first kappa shape index (κ1) is 22.0. The molecule has 0 atom stereocenters. The molecule has 3 heterocycles. The molecule has 1 aromatic carbocycles. The van der Waals surface area contributed by atoms with Crippen LogP contribution in [0.4, 0.5) is 19.0 Å². The van der Waals surface area contributed by atoms with Crippen molar-refractivity contribution in [1.29, 1.82) is 0 Å². The monoisotopic (exact) mass is 451 g/mol. The Morgan fingerprint density at radius 1 is 1.12 bits per heavy atom. The topological polar surface area (TPSA) is 93.5 Å². The molecule has 0 spiro atoms. The summed E-state index contributed by atoms with van der Waals surface area (Å²) in [6.45, 7) is 0.516. The van der Waals surface area contributed by atoms with Gasteiger partial charge in [-0.3, -0.25) is 9.39 Å². The van der Waals surface area contributed by atoms with Gasteiger partial charge in [-0.15, -0.1) is 0 Å². The van der Waals surface area contributed by atoms with Crippen molar-refractivity contribution in [3.63, 3.8) is 0 Å². The zero-order valence-corrected chi connectivity index (χ0v) is 17.6. The Morgan fingerprint density at radius 3 is 2.61 bits per heavy atom. The summed E-state index contributed by atoms with van der Waals surface area (Å²) >= 11 is 0. The minimum atomic E-state index is -4.43. The Morgan fingerprint density at radius 2 is 1.91 bits per heavy atom. The summed E-state index contributed by atoms with van der Waals surface area (Å²) in [5.74, 6) is 0.576. The molecular weight excluding hydrogens is 431 g/mol. The number of pyridine rings is 1. The maximum atomic E-state index is 13.0. The molecule has 3 aromatic heterocycles. The molecule has 168 valence electrons. The van der Waals surface area contributed by atoms with E-state index in [1.54, 1.807) is 23.7 Å². The highest BCUT2D eigenvalue weighted by Gasteiger charge is 2.31. The van der Waals surface area contributed by atoms with Crippen molar-refractivity contribution in [3.8, 4) is 11.4 Å². The van der Waals surface area contributed by atoms with Crippen LogP contribution < -0.4 is 11.1 Å². The van der Waals surface area contributed by atoms with Crippen molar-refractivity contribution >= 4 is 23.3 Å². The fourth-order valence-corrected chi connectivity index (χ4v) is 3.30. The number of aromatic nitrogens is 4. The summed E-state index contributed by atoms with van der Waals surface area (Å²) < 4.78 is 40.4. The van der Waals surface area contributed by atoms with Crippen LogP contribution in [0.2, 0.25) is 0 Å². The Hall–Kier alpha value is -4.21. The largest absolute Gasteiger partial charge is 0.416 e. The van der Waals surface area contributed by atoms with E-state index in [0.717, 1.165) is 28.8 Å². The highest BCUT2D eigenvalue weighted by Crippen LogP contribution is 2.30. The number of halogens is 3. The van der Waals surface area contributed by atoms with E-state index in [4.69, 9.17) is 5.73 Å². The number of allylic oxidation sites excluding steroid dienone is 1. The van der Waals surface area contributed by atoms with Crippen molar-refractivity contribution in [2.24, 2.45) is 10.7 Å². The number of nitrogens with one attached hydrogen (secondary N) is 1. The third-order valence-electron chi connectivity index (χ3n) is 4.98. The Kier molecular flexibility index (Phi) is 6.07. The molecule has 0 saturated carbocycles. The summed E-state index contributed by atoms with van der Waals surface area (Å²) in [6.07, 6.45) is 3.00. The van der Waals surface area contributed by atoms with Crippen LogP contribution in [-0.2, 0) is 12.7 Å². The van der Waals surface area contributed by atoms with E-state index in [9.17, 15) is 13.2 Å². The molecule has 4 rings (SSSR count). The highest BCUT2D eigenvalue weighted by atomic mass is 19.4. The molecule has 0 aliphatic rings. The zero-order valence-electron chi connectivity index (χ0n) is 17.6. The molecule has 0 unspecified atom stereocenters. The van der Waals surface area contributed by atoms with E-state index in [2.05, 4.69) is 25.3 Å². The molecule has 7 nitrogen and oxygen atoms in total. The van der Waals surface area contributed by atoms with Crippen LogP contribution in [0, 0.1) is 0 Å². The van der Waals surface area contributed by atoms with E-state index >= 15 is 0 Å². The normalized spacial score (nSPS) is 12.5. The van der Waals surface area contributed by atoms with Crippen molar-refractivity contribution in [3.05, 3.63) is 84.1 Å². The average Bonchev–Trinajstić information content (AvgIpc) is 3.25. The van der Waals surface area contributed by atoms with Crippen molar-refractivity contribution in [2.75, 3.05) is 12.4 Å². The lowest BCUT2D eigenvalue weighted by molar-refractivity contribution is -0.137. The Bertz CT molecular complexity index is 1320. The number of imidazole rings is 1. The van der Waals surface area contributed by atoms with Gasteiger partial charge in [0.2, 0.25) is 0 Å². The standard InChI is InChI=1S/C23H20F3N7/c1-28-12-17(10-27)16-4-2-15(3-5-16)11-29-21-9-19(31-14-32-21)20-13-30-22-8-18(23(24,25)26)6-7-33(20)22/h2-10,12-14H,11,27H2,1H3,(H,29,31,32). The lowest BCUT2D eigenvalue weighted by Gasteiger charge is -2.09. The van der Waals surface area contributed by atoms with E-state index in [1.165, 1.54) is 24.9 Å². The van der Waals surface area contributed by atoms with Gasteiger partial charge in [-0.1, -0.05) is 24.3 Å². The third kappa shape index (κ3) is 4.84. The van der Waals surface area contributed by atoms with Gasteiger partial charge in [0.25, 0.3) is 0 Å². The second-order valence-electron chi connectivity index (χ2n) is 7.13. The second kappa shape index (κ2) is 9.11. The van der Waals surface area contributed by atoms with E-state index in [1.807, 2.05) is 24.3 Å². The zero-order chi connectivity index (χ0) is 23.4. The van der Waals surface area contributed by atoms with Crippen LogP contribution >= 0.6 is 0 Å². The Labute approximate surface area is 187 Å². The first-order valence-corrected chi connectivity index (χ1v) is 9.93. The highest BCUT2D eigenvalue weighted by molar-refractivity contribution is 6.09. The van der Waals surface area contributed by atoms with Gasteiger partial charge >= 0.3 is 6.18 Å². The van der Waals surface area contributed by atoms with Crippen molar-refractivity contribution in [2.45, 2.75) is 12.7 Å². The maximum absolute atomic E-state index is 13.0. The molecule has 0 radical (unpaired) electrons. The minimum absolute atomic E-state index is 0.187. The number of fused-ring (bicyclic) bond motifs is 1. The molecule has 33 heavy (non-hydrogen) atoms. The van der Waals surface area contributed by atoms with Crippen LogP contribution in [0.5, 0.6) is 0 Å². The predicted molar refractivity (Wildman–Crippen MR) is 122 cm³/mol. The van der Waals surface area contributed by atoms with E-state index in [0.29, 0.717) is 23.8 Å². The maximum Gasteiger partial charge on any atom is 0.416 e. The van der Waals surface area contributed by atoms with Crippen LogP contribution in [0.25, 0.3) is 22.6 Å². The first-order valence-electron chi connectivity index (χ1n) is 9.93. The smallest absolute Gasteiger partial charge is 0.404 e. The second-order valence-corrected chi connectivity index (χ2v) is 7.13. The fraction of sp³-hybridized carbons (Fsp3) is 0.130. The van der Waals surface area contributed by atoms with Gasteiger partial charge in [0.15, 0.2) is 0 Å². The number of hydrogen-bond acceptors (Lipinski definition) is 6. The SMILES string of the molecule is CN=CC(=CN)c1ccc(CNc2cc(-c3cnc4cc(C(F)(F)F)ccn34)ncn2)cc1. The summed E-state index contributed by atoms with van der Waals surface area (Å²) in [5.41, 5.74) is 8.98. The van der Waals surface area contributed by atoms with Crippen LogP contribution in [0.1, 0.15) is 16.7 Å². The number of rotatable bonds is 6. The summed E-state index contributed by atoms with van der Waals surface area (Å²) in [7, 11) is 1.68. The molecule has 4 aromatic rings. The molecule has 0 amide bonds. The van der Waals surface area contributed by atoms with E-state index < -0.39 is 11.7 Å². The molecule has 10 heteroatoms. The summed E-state index contributed by atoms with van der Waals surface area (Å²) in [6, 6.07) is 11.6. The number of hydrogen-bond donors (Lipinski definition) is 2. The predicted octanol–water partition coefficient (Wildman–Crippen LogP) is 4.42. The average molecular weight is 451 g/mol. The van der Waals surface area contributed by atoms with Gasteiger partial charge in [-0.2, -0.15) is 13.2 Å². The van der Waals surface area contributed by atoms with Crippen molar-refractivity contribution < 1.29 is 13.2 Å². The number of aliphatic imine (C=N–C) groups is 1. The molecule has 0 saturated heterocycles. The third-order valence-corrected chi connectivity index (χ3v) is 4.98. The molecule has 0 fully saturated rings. The van der Waals surface area contributed by atoms with Crippen LogP contribution in [-0.4, -0.2) is 32.6 Å². The number of anilines is 1. The lowest BCUT2D eigenvalue weighted by Crippen LogP contribution is -2.05. The van der Waals surface area contributed by atoms with Gasteiger partial charge in [0.1, 0.15) is 17.8 Å². The van der Waals surface area contributed by atoms with Gasteiger partial charge in [-0.05, 0) is 23.3 Å². The number of benzene rings is 1. The first-order chi connectivity index (χ1) is 15.9. The lowest BCUT2D eigenvalue weighted by atomic mass is 10.1. The van der Waals surface area contributed by atoms with Gasteiger partial charge in [0, 0.05) is 43.8 Å². The summed E-state index contributed by atoms with van der Waals surface area (Å²) in [5, 5.41) is 3.23. The van der Waals surface area contributed by atoms with Gasteiger partial charge in [-0.25, -0.2) is 15.0 Å². The molecule has 0 aliphatic carbocycles. The van der Waals surface area contributed by atoms with Crippen LogP contribution in [0.3, 0.4) is 0 Å². The summed E-state index contributed by atoms with van der Waals surface area (Å²) in [4.78, 5) is 16.6. The quantitative estimate of drug-likeness (QED) is 0.423. The fourth-order valence-electron chi connectivity index (χ4n) is 3.30. The van der Waals surface area contributed by atoms with Crippen LogP contribution in [0.15, 0.2) is 72.4 Å². The molecular formula is C23H20F3N7. The number of alkyl halides is 3. The molecule has 3 N–H and O–H groups in total. The molecule has 0 aliphatic heterocycles. The number of nitrogens with two attached hydrogens (primary N) is 1. The number of nitrogens with zero attached hydrogens (tertiary/aromatic N) is 5. The van der Waals surface area contributed by atoms with Gasteiger partial charge in [0.05, 0.1) is 23.1 Å². The minimum Gasteiger partial charge on any atom is -0.404 e. The van der Waals surface area contributed by atoms with E-state index in [-0.39, 0.29) is 5.65 Å². The Balaban J connectivity index is 1.51. The van der Waals surface area contributed by atoms with Gasteiger partial charge < -0.3 is 11.1 Å². The van der Waals surface area contributed by atoms with Crippen molar-refractivity contribution in [1.82, 2.24) is 19.4 Å². The molecule has 0 bridgehead atoms.